The standard InChI is InChI=1S/C18H24FNO3/c1-11-8-13(9-12(2)17(11)19)18(22)20-6-7-23-10-15(20)14-4-3-5-16(14)21/h8-9,14-16,21H,3-7,10H2,1-2H3. The molecule has 1 aliphatic heterocycles. The van der Waals surface area contributed by atoms with Crippen LogP contribution in [0.25, 0.3) is 0 Å². The van der Waals surface area contributed by atoms with Crippen molar-refractivity contribution in [2.75, 3.05) is 19.8 Å². The van der Waals surface area contributed by atoms with Crippen molar-refractivity contribution in [1.29, 1.82) is 0 Å². The van der Waals surface area contributed by atoms with Crippen LogP contribution in [0.3, 0.4) is 0 Å². The topological polar surface area (TPSA) is 49.8 Å². The van der Waals surface area contributed by atoms with Crippen LogP contribution in [0.2, 0.25) is 0 Å². The third kappa shape index (κ3) is 3.12. The first kappa shape index (κ1) is 16.4. The molecule has 1 saturated heterocycles. The number of aryl methyl sites for hydroxylation is 2. The number of carbonyl (C=O) groups is 1. The van der Waals surface area contributed by atoms with E-state index in [0.717, 1.165) is 19.3 Å². The van der Waals surface area contributed by atoms with Crippen molar-refractivity contribution >= 4 is 5.91 Å². The Kier molecular flexibility index (Phi) is 4.69. The number of nitrogens with zero attached hydrogens (tertiary/aromatic N) is 1. The lowest BCUT2D eigenvalue weighted by Crippen LogP contribution is -2.53. The Balaban J connectivity index is 1.87. The lowest BCUT2D eigenvalue weighted by molar-refractivity contribution is -0.0383. The largest absolute Gasteiger partial charge is 0.393 e. The molecule has 3 atom stereocenters. The minimum atomic E-state index is -0.367. The molecule has 3 unspecified atom stereocenters. The third-order valence-corrected chi connectivity index (χ3v) is 5.14. The van der Waals surface area contributed by atoms with Crippen LogP contribution < -0.4 is 0 Å². The van der Waals surface area contributed by atoms with Crippen molar-refractivity contribution < 1.29 is 19.0 Å². The lowest BCUT2D eigenvalue weighted by Gasteiger charge is -2.40. The molecule has 1 amide bonds. The molecule has 2 aliphatic rings. The molecular formula is C18H24FNO3. The molecular weight excluding hydrogens is 297 g/mol. The summed E-state index contributed by atoms with van der Waals surface area (Å²) in [6.45, 7) is 4.84. The first-order valence-corrected chi connectivity index (χ1v) is 8.32. The van der Waals surface area contributed by atoms with E-state index in [1.54, 1.807) is 26.0 Å². The number of aliphatic hydroxyl groups excluding tert-OH is 1. The molecule has 1 aromatic rings. The van der Waals surface area contributed by atoms with E-state index in [1.165, 1.54) is 0 Å². The average molecular weight is 321 g/mol. The average Bonchev–Trinajstić information content (AvgIpc) is 2.97. The zero-order chi connectivity index (χ0) is 16.6. The fourth-order valence-electron chi connectivity index (χ4n) is 3.88. The highest BCUT2D eigenvalue weighted by Gasteiger charge is 2.39. The number of hydrogen-bond donors (Lipinski definition) is 1. The van der Waals surface area contributed by atoms with Crippen LogP contribution in [0.1, 0.15) is 40.7 Å². The fourth-order valence-corrected chi connectivity index (χ4v) is 3.88. The quantitative estimate of drug-likeness (QED) is 0.910. The summed E-state index contributed by atoms with van der Waals surface area (Å²) in [7, 11) is 0. The summed E-state index contributed by atoms with van der Waals surface area (Å²) < 4.78 is 19.4. The number of aliphatic hydroxyl groups is 1. The monoisotopic (exact) mass is 321 g/mol. The number of amides is 1. The van der Waals surface area contributed by atoms with Crippen LogP contribution in [0.5, 0.6) is 0 Å². The van der Waals surface area contributed by atoms with Crippen molar-refractivity contribution in [3.05, 3.63) is 34.6 Å². The second kappa shape index (κ2) is 6.57. The van der Waals surface area contributed by atoms with E-state index in [9.17, 15) is 14.3 Å². The van der Waals surface area contributed by atoms with E-state index in [0.29, 0.717) is 36.4 Å². The van der Waals surface area contributed by atoms with E-state index in [2.05, 4.69) is 0 Å². The van der Waals surface area contributed by atoms with Gasteiger partial charge in [-0.1, -0.05) is 6.42 Å². The summed E-state index contributed by atoms with van der Waals surface area (Å²) in [6.07, 6.45) is 2.33. The van der Waals surface area contributed by atoms with Gasteiger partial charge in [-0.15, -0.1) is 0 Å². The fraction of sp³-hybridized carbons (Fsp3) is 0.611. The van der Waals surface area contributed by atoms with Crippen molar-refractivity contribution in [2.24, 2.45) is 5.92 Å². The maximum atomic E-state index is 13.8. The molecule has 0 bridgehead atoms. The van der Waals surface area contributed by atoms with E-state index >= 15 is 0 Å². The number of hydrogen-bond acceptors (Lipinski definition) is 3. The number of rotatable bonds is 2. The molecule has 126 valence electrons. The summed E-state index contributed by atoms with van der Waals surface area (Å²) in [5.41, 5.74) is 1.49. The first-order valence-electron chi connectivity index (χ1n) is 8.32. The Morgan fingerprint density at radius 3 is 2.61 bits per heavy atom. The summed E-state index contributed by atoms with van der Waals surface area (Å²) in [6, 6.07) is 3.13. The Hall–Kier alpha value is -1.46. The Morgan fingerprint density at radius 1 is 1.30 bits per heavy atom. The van der Waals surface area contributed by atoms with Crippen LogP contribution >= 0.6 is 0 Å². The van der Waals surface area contributed by atoms with E-state index in [1.807, 2.05) is 4.90 Å². The Morgan fingerprint density at radius 2 is 2.00 bits per heavy atom. The van der Waals surface area contributed by atoms with Gasteiger partial charge in [0, 0.05) is 18.0 Å². The predicted molar refractivity (Wildman–Crippen MR) is 84.9 cm³/mol. The highest BCUT2D eigenvalue weighted by Crippen LogP contribution is 2.33. The van der Waals surface area contributed by atoms with Crippen molar-refractivity contribution in [3.63, 3.8) is 0 Å². The van der Waals surface area contributed by atoms with Crippen molar-refractivity contribution in [1.82, 2.24) is 4.90 Å². The van der Waals surface area contributed by atoms with Crippen LogP contribution in [0, 0.1) is 25.6 Å². The number of ether oxygens (including phenoxy) is 1. The zero-order valence-electron chi connectivity index (χ0n) is 13.7. The van der Waals surface area contributed by atoms with Gasteiger partial charge in [-0.05, 0) is 49.9 Å². The predicted octanol–water partition coefficient (Wildman–Crippen LogP) is 2.44. The first-order chi connectivity index (χ1) is 11.0. The molecule has 2 fully saturated rings. The maximum Gasteiger partial charge on any atom is 0.254 e. The van der Waals surface area contributed by atoms with Gasteiger partial charge in [0.2, 0.25) is 0 Å². The van der Waals surface area contributed by atoms with Gasteiger partial charge in [0.25, 0.3) is 5.91 Å². The van der Waals surface area contributed by atoms with Gasteiger partial charge in [-0.25, -0.2) is 4.39 Å². The molecule has 3 rings (SSSR count). The molecule has 23 heavy (non-hydrogen) atoms. The molecule has 1 aliphatic carbocycles. The molecule has 0 aromatic heterocycles. The molecule has 1 saturated carbocycles. The molecule has 1 aromatic carbocycles. The van der Waals surface area contributed by atoms with Crippen molar-refractivity contribution in [3.8, 4) is 0 Å². The van der Waals surface area contributed by atoms with Gasteiger partial charge in [-0.2, -0.15) is 0 Å². The normalized spacial score (nSPS) is 28.2. The minimum absolute atomic E-state index is 0.0712. The Bertz CT molecular complexity index is 581. The minimum Gasteiger partial charge on any atom is -0.393 e. The summed E-state index contributed by atoms with van der Waals surface area (Å²) >= 11 is 0. The van der Waals surface area contributed by atoms with Gasteiger partial charge in [0.05, 0.1) is 25.4 Å². The SMILES string of the molecule is Cc1cc(C(=O)N2CCOCC2C2CCCC2O)cc(C)c1F. The van der Waals surface area contributed by atoms with Gasteiger partial charge in [0.1, 0.15) is 5.82 Å². The third-order valence-electron chi connectivity index (χ3n) is 5.14. The van der Waals surface area contributed by atoms with Crippen LogP contribution in [-0.4, -0.2) is 47.8 Å². The summed E-state index contributed by atoms with van der Waals surface area (Å²) in [5, 5.41) is 10.2. The summed E-state index contributed by atoms with van der Waals surface area (Å²) in [4.78, 5) is 14.8. The molecule has 1 N–H and O–H groups in total. The lowest BCUT2D eigenvalue weighted by atomic mass is 9.93. The molecule has 5 heteroatoms. The van der Waals surface area contributed by atoms with Gasteiger partial charge >= 0.3 is 0 Å². The molecule has 0 spiro atoms. The highest BCUT2D eigenvalue weighted by atomic mass is 19.1. The number of benzene rings is 1. The maximum absolute atomic E-state index is 13.8. The van der Waals surface area contributed by atoms with E-state index in [4.69, 9.17) is 4.74 Å². The van der Waals surface area contributed by atoms with Crippen molar-refractivity contribution in [2.45, 2.75) is 45.3 Å². The highest BCUT2D eigenvalue weighted by molar-refractivity contribution is 5.95. The van der Waals surface area contributed by atoms with Crippen LogP contribution in [0.15, 0.2) is 12.1 Å². The number of morpholine rings is 1. The second-order valence-corrected chi connectivity index (χ2v) is 6.73. The van der Waals surface area contributed by atoms with Gasteiger partial charge in [-0.3, -0.25) is 4.79 Å². The van der Waals surface area contributed by atoms with Crippen LogP contribution in [-0.2, 0) is 4.74 Å². The number of halogens is 1. The van der Waals surface area contributed by atoms with Crippen LogP contribution in [0.4, 0.5) is 4.39 Å². The zero-order valence-corrected chi connectivity index (χ0v) is 13.7. The van der Waals surface area contributed by atoms with E-state index < -0.39 is 0 Å². The molecule has 4 nitrogen and oxygen atoms in total. The van der Waals surface area contributed by atoms with Gasteiger partial charge in [0.15, 0.2) is 0 Å². The summed E-state index contributed by atoms with van der Waals surface area (Å²) in [5.74, 6) is -0.281. The number of carbonyl (C=O) groups excluding carboxylic acids is 1. The smallest absolute Gasteiger partial charge is 0.254 e. The van der Waals surface area contributed by atoms with Gasteiger partial charge < -0.3 is 14.7 Å². The second-order valence-electron chi connectivity index (χ2n) is 6.73. The van der Waals surface area contributed by atoms with E-state index in [-0.39, 0.29) is 29.8 Å². The Labute approximate surface area is 136 Å². The molecule has 0 radical (unpaired) electrons. The molecule has 1 heterocycles.